The first-order valence-corrected chi connectivity index (χ1v) is 6.90. The smallest absolute Gasteiger partial charge is 0.230 e. The third-order valence-electron chi connectivity index (χ3n) is 3.20. The van der Waals surface area contributed by atoms with Gasteiger partial charge in [-0.3, -0.25) is 4.79 Å². The van der Waals surface area contributed by atoms with Gasteiger partial charge in [0.15, 0.2) is 0 Å². The van der Waals surface area contributed by atoms with Crippen LogP contribution in [0.25, 0.3) is 0 Å². The number of anilines is 1. The maximum absolute atomic E-state index is 12.1. The van der Waals surface area contributed by atoms with Crippen molar-refractivity contribution in [3.8, 4) is 5.75 Å². The molecule has 3 N–H and O–H groups in total. The lowest BCUT2D eigenvalue weighted by Crippen LogP contribution is -2.27. The molecule has 1 aromatic carbocycles. The van der Waals surface area contributed by atoms with E-state index in [1.165, 1.54) is 0 Å². The Bertz CT molecular complexity index is 507. The van der Waals surface area contributed by atoms with Crippen LogP contribution in [-0.2, 0) is 9.53 Å². The monoisotopic (exact) mass is 294 g/mol. The molecule has 0 aliphatic carbocycles. The average molecular weight is 294 g/mol. The summed E-state index contributed by atoms with van der Waals surface area (Å²) >= 11 is 4.75. The van der Waals surface area contributed by atoms with Crippen molar-refractivity contribution < 1.29 is 14.3 Å². The number of benzene rings is 1. The Morgan fingerprint density at radius 1 is 1.60 bits per heavy atom. The largest absolute Gasteiger partial charge is 0.486 e. The maximum atomic E-state index is 12.1. The zero-order chi connectivity index (χ0) is 14.5. The van der Waals surface area contributed by atoms with Gasteiger partial charge in [0.2, 0.25) is 5.91 Å². The number of nitrogens with two attached hydrogens (primary N) is 1. The van der Waals surface area contributed by atoms with E-state index < -0.39 is 0 Å². The number of amides is 1. The standard InChI is InChI=1S/C14H18N2O3S/c1-9-12(5-6-18-9)14(17)16-10-3-2-4-11(7-10)19-8-13(15)20/h2-4,7,9,12H,5-6,8H2,1H3,(H2,15,20)(H,16,17). The molecule has 1 fully saturated rings. The van der Waals surface area contributed by atoms with E-state index in [4.69, 9.17) is 27.4 Å². The van der Waals surface area contributed by atoms with Gasteiger partial charge >= 0.3 is 0 Å². The van der Waals surface area contributed by atoms with Gasteiger partial charge in [-0.2, -0.15) is 0 Å². The SMILES string of the molecule is CC1OCCC1C(=O)Nc1cccc(OCC(N)=S)c1. The first-order valence-electron chi connectivity index (χ1n) is 6.50. The second-order valence-electron chi connectivity index (χ2n) is 4.74. The molecule has 5 nitrogen and oxygen atoms in total. The summed E-state index contributed by atoms with van der Waals surface area (Å²) in [6, 6.07) is 7.15. The van der Waals surface area contributed by atoms with Gasteiger partial charge in [-0.15, -0.1) is 0 Å². The number of rotatable bonds is 5. The molecule has 108 valence electrons. The molecule has 1 aliphatic rings. The predicted octanol–water partition coefficient (Wildman–Crippen LogP) is 1.71. The van der Waals surface area contributed by atoms with E-state index in [0.717, 1.165) is 6.42 Å². The van der Waals surface area contributed by atoms with Crippen LogP contribution in [0.1, 0.15) is 13.3 Å². The summed E-state index contributed by atoms with van der Waals surface area (Å²) < 4.78 is 10.8. The highest BCUT2D eigenvalue weighted by molar-refractivity contribution is 7.80. The van der Waals surface area contributed by atoms with Crippen LogP contribution in [0.2, 0.25) is 0 Å². The second kappa shape index (κ2) is 6.67. The fourth-order valence-electron chi connectivity index (χ4n) is 2.13. The van der Waals surface area contributed by atoms with Crippen LogP contribution in [-0.4, -0.2) is 30.2 Å². The van der Waals surface area contributed by atoms with Crippen LogP contribution in [0, 0.1) is 5.92 Å². The van der Waals surface area contributed by atoms with E-state index >= 15 is 0 Å². The Morgan fingerprint density at radius 2 is 2.40 bits per heavy atom. The van der Waals surface area contributed by atoms with Crippen molar-refractivity contribution in [1.82, 2.24) is 0 Å². The fourth-order valence-corrected chi connectivity index (χ4v) is 2.19. The van der Waals surface area contributed by atoms with E-state index in [-0.39, 0.29) is 29.5 Å². The summed E-state index contributed by atoms with van der Waals surface area (Å²) in [4.78, 5) is 12.4. The highest BCUT2D eigenvalue weighted by Gasteiger charge is 2.30. The van der Waals surface area contributed by atoms with Crippen molar-refractivity contribution >= 4 is 28.8 Å². The van der Waals surface area contributed by atoms with Crippen LogP contribution in [0.3, 0.4) is 0 Å². The van der Waals surface area contributed by atoms with Crippen LogP contribution >= 0.6 is 12.2 Å². The zero-order valence-corrected chi connectivity index (χ0v) is 12.1. The normalized spacial score (nSPS) is 21.4. The lowest BCUT2D eigenvalue weighted by atomic mass is 10.0. The van der Waals surface area contributed by atoms with Gasteiger partial charge < -0.3 is 20.5 Å². The highest BCUT2D eigenvalue weighted by Crippen LogP contribution is 2.23. The minimum atomic E-state index is -0.101. The second-order valence-corrected chi connectivity index (χ2v) is 5.27. The molecular formula is C14H18N2O3S. The van der Waals surface area contributed by atoms with Crippen molar-refractivity contribution in [2.75, 3.05) is 18.5 Å². The van der Waals surface area contributed by atoms with Crippen molar-refractivity contribution in [1.29, 1.82) is 0 Å². The number of carbonyl (C=O) groups excluding carboxylic acids is 1. The van der Waals surface area contributed by atoms with Crippen molar-refractivity contribution in [2.45, 2.75) is 19.4 Å². The summed E-state index contributed by atoms with van der Waals surface area (Å²) in [5.41, 5.74) is 6.07. The van der Waals surface area contributed by atoms with Gasteiger partial charge in [-0.05, 0) is 25.5 Å². The third-order valence-corrected chi connectivity index (χ3v) is 3.31. The summed E-state index contributed by atoms with van der Waals surface area (Å²) in [6.45, 7) is 2.73. The lowest BCUT2D eigenvalue weighted by molar-refractivity contribution is -0.121. The molecule has 6 heteroatoms. The van der Waals surface area contributed by atoms with Crippen LogP contribution in [0.4, 0.5) is 5.69 Å². The van der Waals surface area contributed by atoms with Crippen LogP contribution in [0.5, 0.6) is 5.75 Å². The van der Waals surface area contributed by atoms with Gasteiger partial charge in [0.1, 0.15) is 17.3 Å². The van der Waals surface area contributed by atoms with Gasteiger partial charge in [0, 0.05) is 18.4 Å². The molecule has 1 saturated heterocycles. The number of carbonyl (C=O) groups is 1. The molecule has 0 spiro atoms. The molecule has 0 aromatic heterocycles. The van der Waals surface area contributed by atoms with Crippen molar-refractivity contribution in [2.24, 2.45) is 11.7 Å². The van der Waals surface area contributed by atoms with E-state index in [1.54, 1.807) is 18.2 Å². The van der Waals surface area contributed by atoms with E-state index in [0.29, 0.717) is 18.0 Å². The molecule has 2 atom stereocenters. The minimum Gasteiger partial charge on any atom is -0.486 e. The molecule has 0 saturated carbocycles. The maximum Gasteiger partial charge on any atom is 0.230 e. The molecule has 0 bridgehead atoms. The van der Waals surface area contributed by atoms with Gasteiger partial charge in [-0.25, -0.2) is 0 Å². The van der Waals surface area contributed by atoms with Crippen LogP contribution < -0.4 is 15.8 Å². The molecule has 20 heavy (non-hydrogen) atoms. The number of hydrogen-bond acceptors (Lipinski definition) is 4. The summed E-state index contributed by atoms with van der Waals surface area (Å²) in [6.07, 6.45) is 0.717. The Morgan fingerprint density at radius 3 is 3.05 bits per heavy atom. The first kappa shape index (κ1) is 14.7. The highest BCUT2D eigenvalue weighted by atomic mass is 32.1. The Hall–Kier alpha value is -1.66. The number of nitrogens with one attached hydrogen (secondary N) is 1. The molecule has 1 heterocycles. The summed E-state index contributed by atoms with van der Waals surface area (Å²) in [5, 5.41) is 2.88. The topological polar surface area (TPSA) is 73.6 Å². The molecule has 2 rings (SSSR count). The van der Waals surface area contributed by atoms with E-state index in [9.17, 15) is 4.79 Å². The number of ether oxygens (including phenoxy) is 2. The first-order chi connectivity index (χ1) is 9.56. The Labute approximate surface area is 123 Å². The molecule has 1 amide bonds. The fraction of sp³-hybridized carbons (Fsp3) is 0.429. The molecule has 1 aliphatic heterocycles. The molecular weight excluding hydrogens is 276 g/mol. The predicted molar refractivity (Wildman–Crippen MR) is 80.9 cm³/mol. The Kier molecular flexibility index (Phi) is 4.92. The van der Waals surface area contributed by atoms with Crippen LogP contribution in [0.15, 0.2) is 24.3 Å². The molecule has 1 aromatic rings. The van der Waals surface area contributed by atoms with E-state index in [2.05, 4.69) is 5.32 Å². The average Bonchev–Trinajstić information content (AvgIpc) is 2.83. The quantitative estimate of drug-likeness (QED) is 0.809. The third kappa shape index (κ3) is 3.91. The lowest BCUT2D eigenvalue weighted by Gasteiger charge is -2.14. The zero-order valence-electron chi connectivity index (χ0n) is 11.3. The van der Waals surface area contributed by atoms with Gasteiger partial charge in [0.05, 0.1) is 12.0 Å². The van der Waals surface area contributed by atoms with Crippen molar-refractivity contribution in [3.05, 3.63) is 24.3 Å². The summed E-state index contributed by atoms with van der Waals surface area (Å²) in [5.74, 6) is 0.490. The molecule has 2 unspecified atom stereocenters. The van der Waals surface area contributed by atoms with Gasteiger partial charge in [0.25, 0.3) is 0 Å². The minimum absolute atomic E-state index is 0.0264. The van der Waals surface area contributed by atoms with Crippen molar-refractivity contribution in [3.63, 3.8) is 0 Å². The number of thiocarbonyl (C=S) groups is 1. The van der Waals surface area contributed by atoms with Gasteiger partial charge in [-0.1, -0.05) is 18.3 Å². The Balaban J connectivity index is 1.96. The number of hydrogen-bond donors (Lipinski definition) is 2. The van der Waals surface area contributed by atoms with E-state index in [1.807, 2.05) is 13.0 Å². The summed E-state index contributed by atoms with van der Waals surface area (Å²) in [7, 11) is 0. The molecule has 0 radical (unpaired) electrons.